The molecule has 0 radical (unpaired) electrons. The fourth-order valence-electron chi connectivity index (χ4n) is 1.92. The van der Waals surface area contributed by atoms with Crippen molar-refractivity contribution in [3.05, 3.63) is 65.5 Å². The van der Waals surface area contributed by atoms with E-state index in [1.807, 2.05) is 37.3 Å². The van der Waals surface area contributed by atoms with Gasteiger partial charge in [-0.3, -0.25) is 4.98 Å². The van der Waals surface area contributed by atoms with Crippen LogP contribution in [0.15, 0.2) is 48.8 Å². The number of nitrogens with zero attached hydrogens (tertiary/aromatic N) is 1. The van der Waals surface area contributed by atoms with Crippen LogP contribution in [0.1, 0.15) is 22.6 Å². The van der Waals surface area contributed by atoms with Gasteiger partial charge in [-0.25, -0.2) is 0 Å². The monoisotopic (exact) mass is 225 g/mol. The number of rotatable bonds is 4. The molecule has 0 aliphatic heterocycles. The lowest BCUT2D eigenvalue weighted by atomic mass is 9.93. The van der Waals surface area contributed by atoms with Crippen molar-refractivity contribution in [2.45, 2.75) is 19.3 Å². The quantitative estimate of drug-likeness (QED) is 0.749. The molecule has 0 saturated heterocycles. The third kappa shape index (κ3) is 3.00. The molecule has 2 heteroatoms. The molecule has 0 bridgehead atoms. The lowest BCUT2D eigenvalue weighted by molar-refractivity contribution is -0.109. The molecule has 0 aliphatic carbocycles. The van der Waals surface area contributed by atoms with Crippen molar-refractivity contribution < 1.29 is 4.79 Å². The van der Waals surface area contributed by atoms with E-state index in [0.717, 1.165) is 23.8 Å². The number of carbonyl (C=O) groups excluding carboxylic acids is 1. The van der Waals surface area contributed by atoms with Crippen molar-refractivity contribution >= 4 is 6.29 Å². The minimum atomic E-state index is -0.0719. The lowest BCUT2D eigenvalue weighted by Crippen LogP contribution is -2.04. The van der Waals surface area contributed by atoms with E-state index < -0.39 is 0 Å². The summed E-state index contributed by atoms with van der Waals surface area (Å²) in [5.41, 5.74) is 3.40. The van der Waals surface area contributed by atoms with Crippen molar-refractivity contribution in [3.63, 3.8) is 0 Å². The average Bonchev–Trinajstić information content (AvgIpc) is 2.37. The second-order valence-corrected chi connectivity index (χ2v) is 4.22. The van der Waals surface area contributed by atoms with E-state index in [-0.39, 0.29) is 5.92 Å². The zero-order chi connectivity index (χ0) is 12.1. The Bertz CT molecular complexity index is 493. The van der Waals surface area contributed by atoms with Crippen LogP contribution in [-0.4, -0.2) is 11.3 Å². The van der Waals surface area contributed by atoms with Crippen LogP contribution in [0.25, 0.3) is 0 Å². The number of aldehydes is 1. The second kappa shape index (κ2) is 5.39. The number of benzene rings is 1. The van der Waals surface area contributed by atoms with E-state index in [1.54, 1.807) is 12.4 Å². The first kappa shape index (κ1) is 11.5. The van der Waals surface area contributed by atoms with Crippen molar-refractivity contribution in [2.24, 2.45) is 0 Å². The number of pyridine rings is 1. The fourth-order valence-corrected chi connectivity index (χ4v) is 1.92. The topological polar surface area (TPSA) is 30.0 Å². The molecule has 0 aliphatic rings. The van der Waals surface area contributed by atoms with Gasteiger partial charge in [-0.05, 0) is 36.6 Å². The van der Waals surface area contributed by atoms with Gasteiger partial charge in [0, 0.05) is 18.3 Å². The van der Waals surface area contributed by atoms with Gasteiger partial charge in [-0.1, -0.05) is 29.8 Å². The third-order valence-electron chi connectivity index (χ3n) is 2.84. The van der Waals surface area contributed by atoms with Crippen LogP contribution in [0.3, 0.4) is 0 Å². The van der Waals surface area contributed by atoms with Gasteiger partial charge in [0.1, 0.15) is 6.29 Å². The van der Waals surface area contributed by atoms with Crippen LogP contribution in [-0.2, 0) is 11.2 Å². The summed E-state index contributed by atoms with van der Waals surface area (Å²) in [6.07, 6.45) is 5.27. The van der Waals surface area contributed by atoms with Gasteiger partial charge in [-0.15, -0.1) is 0 Å². The molecule has 1 unspecified atom stereocenters. The summed E-state index contributed by atoms with van der Waals surface area (Å²) in [4.78, 5) is 15.2. The molecule has 86 valence electrons. The molecule has 0 amide bonds. The zero-order valence-corrected chi connectivity index (χ0v) is 9.84. The molecule has 2 rings (SSSR count). The Morgan fingerprint density at radius 3 is 2.65 bits per heavy atom. The smallest absolute Gasteiger partial charge is 0.127 e. The van der Waals surface area contributed by atoms with Crippen molar-refractivity contribution in [3.8, 4) is 0 Å². The summed E-state index contributed by atoms with van der Waals surface area (Å²) >= 11 is 0. The van der Waals surface area contributed by atoms with E-state index >= 15 is 0 Å². The molecule has 2 aromatic rings. The van der Waals surface area contributed by atoms with E-state index in [4.69, 9.17) is 0 Å². The minimum Gasteiger partial charge on any atom is -0.303 e. The van der Waals surface area contributed by atoms with Crippen LogP contribution in [0.2, 0.25) is 0 Å². The van der Waals surface area contributed by atoms with Gasteiger partial charge in [0.2, 0.25) is 0 Å². The number of hydrogen-bond acceptors (Lipinski definition) is 2. The van der Waals surface area contributed by atoms with Crippen LogP contribution in [0.4, 0.5) is 0 Å². The highest BCUT2D eigenvalue weighted by Crippen LogP contribution is 2.19. The highest BCUT2D eigenvalue weighted by molar-refractivity contribution is 5.63. The predicted molar refractivity (Wildman–Crippen MR) is 67.9 cm³/mol. The van der Waals surface area contributed by atoms with E-state index in [2.05, 4.69) is 11.1 Å². The van der Waals surface area contributed by atoms with Gasteiger partial charge >= 0.3 is 0 Å². The Labute approximate surface area is 101 Å². The number of aromatic nitrogens is 1. The molecule has 1 heterocycles. The highest BCUT2D eigenvalue weighted by Gasteiger charge is 2.11. The Morgan fingerprint density at radius 1 is 1.24 bits per heavy atom. The third-order valence-corrected chi connectivity index (χ3v) is 2.84. The molecule has 1 atom stereocenters. The number of carbonyl (C=O) groups is 1. The van der Waals surface area contributed by atoms with Gasteiger partial charge in [0.05, 0.1) is 0 Å². The Morgan fingerprint density at radius 2 is 2.00 bits per heavy atom. The largest absolute Gasteiger partial charge is 0.303 e. The maximum atomic E-state index is 11.2. The first-order chi connectivity index (χ1) is 8.29. The SMILES string of the molecule is Cc1cccc(C(C=O)Cc2ccncc2)c1. The molecular formula is C15H15NO. The maximum Gasteiger partial charge on any atom is 0.127 e. The van der Waals surface area contributed by atoms with Crippen LogP contribution < -0.4 is 0 Å². The summed E-state index contributed by atoms with van der Waals surface area (Å²) in [5, 5.41) is 0. The summed E-state index contributed by atoms with van der Waals surface area (Å²) in [6.45, 7) is 2.04. The van der Waals surface area contributed by atoms with Gasteiger partial charge in [0.25, 0.3) is 0 Å². The van der Waals surface area contributed by atoms with Crippen molar-refractivity contribution in [1.29, 1.82) is 0 Å². The second-order valence-electron chi connectivity index (χ2n) is 4.22. The first-order valence-electron chi connectivity index (χ1n) is 5.70. The predicted octanol–water partition coefficient (Wildman–Crippen LogP) is 2.92. The highest BCUT2D eigenvalue weighted by atomic mass is 16.1. The average molecular weight is 225 g/mol. The maximum absolute atomic E-state index is 11.2. The van der Waals surface area contributed by atoms with E-state index in [0.29, 0.717) is 0 Å². The fraction of sp³-hybridized carbons (Fsp3) is 0.200. The van der Waals surface area contributed by atoms with E-state index in [9.17, 15) is 4.79 Å². The van der Waals surface area contributed by atoms with Gasteiger partial charge in [0.15, 0.2) is 0 Å². The zero-order valence-electron chi connectivity index (χ0n) is 9.84. The molecule has 0 N–H and O–H groups in total. The number of hydrogen-bond donors (Lipinski definition) is 0. The normalized spacial score (nSPS) is 12.1. The van der Waals surface area contributed by atoms with Crippen molar-refractivity contribution in [1.82, 2.24) is 4.98 Å². The Kier molecular flexibility index (Phi) is 3.66. The van der Waals surface area contributed by atoms with Gasteiger partial charge < -0.3 is 4.79 Å². The van der Waals surface area contributed by atoms with Crippen LogP contribution in [0, 0.1) is 6.92 Å². The Balaban J connectivity index is 2.20. The molecule has 2 nitrogen and oxygen atoms in total. The summed E-state index contributed by atoms with van der Waals surface area (Å²) in [7, 11) is 0. The van der Waals surface area contributed by atoms with Crippen LogP contribution in [0.5, 0.6) is 0 Å². The van der Waals surface area contributed by atoms with Crippen LogP contribution >= 0.6 is 0 Å². The molecule has 1 aromatic carbocycles. The molecule has 0 saturated carbocycles. The Hall–Kier alpha value is -1.96. The standard InChI is InChI=1S/C15H15NO/c1-12-3-2-4-14(9-12)15(11-17)10-13-5-7-16-8-6-13/h2-9,11,15H,10H2,1H3. The van der Waals surface area contributed by atoms with E-state index in [1.165, 1.54) is 5.56 Å². The summed E-state index contributed by atoms with van der Waals surface area (Å²) < 4.78 is 0. The van der Waals surface area contributed by atoms with Crippen molar-refractivity contribution in [2.75, 3.05) is 0 Å². The van der Waals surface area contributed by atoms with Gasteiger partial charge in [-0.2, -0.15) is 0 Å². The molecule has 0 fully saturated rings. The number of aryl methyl sites for hydroxylation is 1. The first-order valence-corrected chi connectivity index (χ1v) is 5.70. The summed E-state index contributed by atoms with van der Waals surface area (Å²) in [6, 6.07) is 12.0. The summed E-state index contributed by atoms with van der Waals surface area (Å²) in [5.74, 6) is -0.0719. The molecule has 17 heavy (non-hydrogen) atoms. The molecule has 0 spiro atoms. The molecule has 1 aromatic heterocycles. The minimum absolute atomic E-state index is 0.0719. The molecular weight excluding hydrogens is 210 g/mol. The lowest BCUT2D eigenvalue weighted by Gasteiger charge is -2.11.